The van der Waals surface area contributed by atoms with E-state index in [0.29, 0.717) is 5.82 Å². The number of aromatic nitrogens is 2. The first-order chi connectivity index (χ1) is 4.79. The summed E-state index contributed by atoms with van der Waals surface area (Å²) in [7, 11) is 0. The fourth-order valence-electron chi connectivity index (χ4n) is 0.521. The predicted octanol–water partition coefficient (Wildman–Crippen LogP) is 1.64. The lowest BCUT2D eigenvalue weighted by atomic mass is 10.5. The van der Waals surface area contributed by atoms with Crippen molar-refractivity contribution in [1.82, 2.24) is 9.97 Å². The van der Waals surface area contributed by atoms with Gasteiger partial charge in [0.1, 0.15) is 11.0 Å². The second-order valence-electron chi connectivity index (χ2n) is 1.66. The molecule has 0 fully saturated rings. The molecule has 0 radical (unpaired) electrons. The van der Waals surface area contributed by atoms with Gasteiger partial charge in [-0.1, -0.05) is 11.6 Å². The fourth-order valence-corrected chi connectivity index (χ4v) is 0.584. The first kappa shape index (κ1) is 7.02. The summed E-state index contributed by atoms with van der Waals surface area (Å²) in [6, 6.07) is 0. The Labute approximate surface area is 63.3 Å². The van der Waals surface area contributed by atoms with Gasteiger partial charge in [0.25, 0.3) is 0 Å². The van der Waals surface area contributed by atoms with E-state index in [1.54, 1.807) is 18.5 Å². The Hall–Kier alpha value is -1.09. The minimum Gasteiger partial charge on any atom is -0.345 e. The van der Waals surface area contributed by atoms with E-state index in [1.165, 1.54) is 6.08 Å². The molecule has 3 nitrogen and oxygen atoms in total. The molecule has 1 heterocycles. The van der Waals surface area contributed by atoms with E-state index in [4.69, 9.17) is 17.0 Å². The largest absolute Gasteiger partial charge is 0.345 e. The highest BCUT2D eigenvalue weighted by atomic mass is 35.5. The van der Waals surface area contributed by atoms with Crippen LogP contribution in [0.1, 0.15) is 5.82 Å². The van der Waals surface area contributed by atoms with E-state index in [0.717, 1.165) is 0 Å². The standard InChI is InChI=1S/C6H6ClN3/c7-5(8)1-2-6-9-3-4-10-6/h1-4,8H,(H,9,10)/b2-1-,8-5?. The molecule has 2 N–H and O–H groups in total. The molecule has 0 atom stereocenters. The Morgan fingerprint density at radius 2 is 2.60 bits per heavy atom. The van der Waals surface area contributed by atoms with Crippen LogP contribution in [0.5, 0.6) is 0 Å². The number of rotatable bonds is 2. The Balaban J connectivity index is 2.64. The third-order valence-corrected chi connectivity index (χ3v) is 1.03. The normalized spacial score (nSPS) is 10.5. The Morgan fingerprint density at radius 1 is 1.80 bits per heavy atom. The second-order valence-corrected chi connectivity index (χ2v) is 2.06. The average Bonchev–Trinajstić information content (AvgIpc) is 2.34. The minimum atomic E-state index is -0.00333. The van der Waals surface area contributed by atoms with Crippen molar-refractivity contribution < 1.29 is 0 Å². The summed E-state index contributed by atoms with van der Waals surface area (Å²) < 4.78 is 0. The van der Waals surface area contributed by atoms with E-state index in [9.17, 15) is 0 Å². The predicted molar refractivity (Wildman–Crippen MR) is 41.2 cm³/mol. The molecule has 10 heavy (non-hydrogen) atoms. The summed E-state index contributed by atoms with van der Waals surface area (Å²) in [6.07, 6.45) is 6.44. The smallest absolute Gasteiger partial charge is 0.130 e. The monoisotopic (exact) mass is 155 g/mol. The average molecular weight is 156 g/mol. The number of allylic oxidation sites excluding steroid dienone is 1. The summed E-state index contributed by atoms with van der Waals surface area (Å²) in [6.45, 7) is 0. The summed E-state index contributed by atoms with van der Waals surface area (Å²) in [5.41, 5.74) is 0. The molecule has 4 heteroatoms. The molecule has 0 aliphatic heterocycles. The zero-order chi connectivity index (χ0) is 7.40. The highest BCUT2D eigenvalue weighted by molar-refractivity contribution is 6.67. The van der Waals surface area contributed by atoms with Gasteiger partial charge in [-0.25, -0.2) is 4.98 Å². The van der Waals surface area contributed by atoms with Gasteiger partial charge in [-0.2, -0.15) is 0 Å². The lowest BCUT2D eigenvalue weighted by Crippen LogP contribution is -1.76. The van der Waals surface area contributed by atoms with Gasteiger partial charge in [-0.3, -0.25) is 5.41 Å². The Bertz CT molecular complexity index is 238. The van der Waals surface area contributed by atoms with Crippen molar-refractivity contribution >= 4 is 22.8 Å². The van der Waals surface area contributed by atoms with Crippen LogP contribution in [0.25, 0.3) is 6.08 Å². The number of halogens is 1. The van der Waals surface area contributed by atoms with Crippen molar-refractivity contribution in [3.05, 3.63) is 24.3 Å². The minimum absolute atomic E-state index is 0.00333. The molecule has 0 saturated heterocycles. The molecule has 0 aromatic carbocycles. The molecule has 0 aliphatic rings. The van der Waals surface area contributed by atoms with Crippen LogP contribution in [0.2, 0.25) is 0 Å². The summed E-state index contributed by atoms with van der Waals surface area (Å²) >= 11 is 5.25. The number of hydrogen-bond acceptors (Lipinski definition) is 2. The Kier molecular flexibility index (Phi) is 2.23. The van der Waals surface area contributed by atoms with Crippen LogP contribution in [0, 0.1) is 5.41 Å². The van der Waals surface area contributed by atoms with E-state index in [-0.39, 0.29) is 5.17 Å². The molecular formula is C6H6ClN3. The molecule has 1 aromatic rings. The van der Waals surface area contributed by atoms with Gasteiger partial charge in [0.05, 0.1) is 0 Å². The van der Waals surface area contributed by atoms with Gasteiger partial charge in [-0.15, -0.1) is 0 Å². The third-order valence-electron chi connectivity index (χ3n) is 0.907. The lowest BCUT2D eigenvalue weighted by molar-refractivity contribution is 1.27. The number of nitrogens with one attached hydrogen (secondary N) is 2. The zero-order valence-corrected chi connectivity index (χ0v) is 5.89. The van der Waals surface area contributed by atoms with Crippen LogP contribution in [0.15, 0.2) is 18.5 Å². The summed E-state index contributed by atoms with van der Waals surface area (Å²) in [5, 5.41) is 6.83. The van der Waals surface area contributed by atoms with Crippen molar-refractivity contribution in [2.45, 2.75) is 0 Å². The summed E-state index contributed by atoms with van der Waals surface area (Å²) in [4.78, 5) is 6.73. The van der Waals surface area contributed by atoms with Gasteiger partial charge in [0.15, 0.2) is 0 Å². The van der Waals surface area contributed by atoms with Crippen LogP contribution in [0.4, 0.5) is 0 Å². The zero-order valence-electron chi connectivity index (χ0n) is 5.13. The highest BCUT2D eigenvalue weighted by Gasteiger charge is 1.85. The third kappa shape index (κ3) is 2.03. The first-order valence-corrected chi connectivity index (χ1v) is 3.08. The fraction of sp³-hybridized carbons (Fsp3) is 0. The van der Waals surface area contributed by atoms with Gasteiger partial charge in [0.2, 0.25) is 0 Å². The molecule has 0 aliphatic carbocycles. The molecule has 0 bridgehead atoms. The van der Waals surface area contributed by atoms with E-state index < -0.39 is 0 Å². The molecule has 0 spiro atoms. The number of imidazole rings is 1. The first-order valence-electron chi connectivity index (χ1n) is 2.70. The van der Waals surface area contributed by atoms with Crippen molar-refractivity contribution in [2.24, 2.45) is 0 Å². The van der Waals surface area contributed by atoms with Crippen LogP contribution in [-0.2, 0) is 0 Å². The number of aromatic amines is 1. The van der Waals surface area contributed by atoms with Crippen LogP contribution in [0.3, 0.4) is 0 Å². The topological polar surface area (TPSA) is 52.5 Å². The maximum atomic E-state index is 6.83. The maximum absolute atomic E-state index is 6.83. The second kappa shape index (κ2) is 3.17. The van der Waals surface area contributed by atoms with Gasteiger partial charge < -0.3 is 4.98 Å². The molecular weight excluding hydrogens is 150 g/mol. The van der Waals surface area contributed by atoms with Crippen LogP contribution < -0.4 is 0 Å². The van der Waals surface area contributed by atoms with Crippen molar-refractivity contribution in [1.29, 1.82) is 5.41 Å². The van der Waals surface area contributed by atoms with Crippen molar-refractivity contribution in [3.8, 4) is 0 Å². The lowest BCUT2D eigenvalue weighted by Gasteiger charge is -1.80. The highest BCUT2D eigenvalue weighted by Crippen LogP contribution is 1.93. The quantitative estimate of drug-likeness (QED) is 0.627. The van der Waals surface area contributed by atoms with Gasteiger partial charge in [-0.05, 0) is 12.2 Å². The van der Waals surface area contributed by atoms with Crippen molar-refractivity contribution in [3.63, 3.8) is 0 Å². The molecule has 1 aromatic heterocycles. The molecule has 1 rings (SSSR count). The van der Waals surface area contributed by atoms with Gasteiger partial charge in [0, 0.05) is 12.4 Å². The Morgan fingerprint density at radius 3 is 3.10 bits per heavy atom. The van der Waals surface area contributed by atoms with Crippen LogP contribution >= 0.6 is 11.6 Å². The molecule has 52 valence electrons. The number of hydrogen-bond donors (Lipinski definition) is 2. The molecule has 0 amide bonds. The van der Waals surface area contributed by atoms with Gasteiger partial charge >= 0.3 is 0 Å². The number of H-pyrrole nitrogens is 1. The molecule has 0 saturated carbocycles. The van der Waals surface area contributed by atoms with Crippen molar-refractivity contribution in [2.75, 3.05) is 0 Å². The van der Waals surface area contributed by atoms with E-state index in [1.807, 2.05) is 0 Å². The number of nitrogens with zero attached hydrogens (tertiary/aromatic N) is 1. The van der Waals surface area contributed by atoms with E-state index in [2.05, 4.69) is 9.97 Å². The van der Waals surface area contributed by atoms with Crippen LogP contribution in [-0.4, -0.2) is 15.1 Å². The van der Waals surface area contributed by atoms with E-state index >= 15 is 0 Å². The SMILES string of the molecule is N=C(Cl)/C=C\c1ncc[nH]1. The maximum Gasteiger partial charge on any atom is 0.130 e. The summed E-state index contributed by atoms with van der Waals surface area (Å²) in [5.74, 6) is 0.699. The molecule has 0 unspecified atom stereocenters.